The van der Waals surface area contributed by atoms with Gasteiger partial charge in [-0.1, -0.05) is 19.8 Å². The Morgan fingerprint density at radius 3 is 2.53 bits per heavy atom. The first-order chi connectivity index (χ1) is 8.81. The maximum absolute atomic E-state index is 11.6. The molecule has 1 saturated carbocycles. The molecule has 0 aromatic carbocycles. The monoisotopic (exact) mass is 289 g/mol. The molecule has 1 heterocycles. The van der Waals surface area contributed by atoms with E-state index in [1.807, 2.05) is 0 Å². The van der Waals surface area contributed by atoms with Crippen LogP contribution in [0.4, 0.5) is 0 Å². The van der Waals surface area contributed by atoms with Gasteiger partial charge in [0, 0.05) is 13.1 Å². The van der Waals surface area contributed by atoms with Crippen LogP contribution in [0, 0.1) is 11.3 Å². The molecule has 5 heteroatoms. The van der Waals surface area contributed by atoms with Crippen LogP contribution in [0.2, 0.25) is 0 Å². The minimum atomic E-state index is -3.08. The fourth-order valence-electron chi connectivity index (χ4n) is 3.64. The first kappa shape index (κ1) is 15.3. The Bertz CT molecular complexity index is 401. The average molecular weight is 289 g/mol. The molecule has 1 saturated heterocycles. The van der Waals surface area contributed by atoms with E-state index in [4.69, 9.17) is 0 Å². The van der Waals surface area contributed by atoms with Crippen molar-refractivity contribution >= 4 is 10.0 Å². The van der Waals surface area contributed by atoms with E-state index in [1.54, 1.807) is 4.31 Å². The van der Waals surface area contributed by atoms with E-state index in [2.05, 4.69) is 6.92 Å². The quantitative estimate of drug-likeness (QED) is 0.861. The van der Waals surface area contributed by atoms with Gasteiger partial charge in [-0.15, -0.1) is 0 Å². The maximum Gasteiger partial charge on any atom is 0.211 e. The van der Waals surface area contributed by atoms with Crippen molar-refractivity contribution in [1.29, 1.82) is 0 Å². The molecule has 0 aromatic rings. The molecule has 2 unspecified atom stereocenters. The third-order valence-electron chi connectivity index (χ3n) is 5.06. The number of hydrogen-bond donors (Lipinski definition) is 1. The minimum Gasteiger partial charge on any atom is -0.393 e. The molecule has 0 spiro atoms. The summed E-state index contributed by atoms with van der Waals surface area (Å²) in [7, 11) is -3.08. The summed E-state index contributed by atoms with van der Waals surface area (Å²) in [4.78, 5) is 0. The number of rotatable bonds is 4. The molecule has 0 aromatic heterocycles. The van der Waals surface area contributed by atoms with Gasteiger partial charge < -0.3 is 5.11 Å². The lowest BCUT2D eigenvalue weighted by Crippen LogP contribution is -2.41. The van der Waals surface area contributed by atoms with Crippen LogP contribution in [0.5, 0.6) is 0 Å². The molecule has 0 amide bonds. The molecule has 2 aliphatic rings. The fourth-order valence-corrected chi connectivity index (χ4v) is 4.58. The van der Waals surface area contributed by atoms with Crippen molar-refractivity contribution in [3.05, 3.63) is 0 Å². The lowest BCUT2D eigenvalue weighted by atomic mass is 9.77. The SMILES string of the molecule is CC1(C(O)CC2CCCN(S(C)(=O)=O)C2)CCCC1. The predicted molar refractivity (Wildman–Crippen MR) is 76.3 cm³/mol. The molecule has 1 aliphatic heterocycles. The Morgan fingerprint density at radius 2 is 1.95 bits per heavy atom. The zero-order valence-electron chi connectivity index (χ0n) is 12.1. The molecule has 4 nitrogen and oxygen atoms in total. The smallest absolute Gasteiger partial charge is 0.211 e. The molecule has 0 radical (unpaired) electrons. The van der Waals surface area contributed by atoms with Crippen LogP contribution in [-0.2, 0) is 10.0 Å². The third-order valence-corrected chi connectivity index (χ3v) is 6.33. The van der Waals surface area contributed by atoms with Gasteiger partial charge in [0.05, 0.1) is 12.4 Å². The van der Waals surface area contributed by atoms with E-state index in [9.17, 15) is 13.5 Å². The highest BCUT2D eigenvalue weighted by atomic mass is 32.2. The zero-order valence-corrected chi connectivity index (χ0v) is 13.0. The molecule has 2 fully saturated rings. The van der Waals surface area contributed by atoms with Crippen LogP contribution in [0.3, 0.4) is 0 Å². The van der Waals surface area contributed by atoms with E-state index < -0.39 is 10.0 Å². The van der Waals surface area contributed by atoms with Crippen molar-refractivity contribution in [3.63, 3.8) is 0 Å². The summed E-state index contributed by atoms with van der Waals surface area (Å²) in [6, 6.07) is 0. The molecule has 112 valence electrons. The largest absolute Gasteiger partial charge is 0.393 e. The molecule has 0 bridgehead atoms. The maximum atomic E-state index is 11.6. The number of aliphatic hydroxyl groups excluding tert-OH is 1. The van der Waals surface area contributed by atoms with Crippen molar-refractivity contribution in [2.45, 2.75) is 58.0 Å². The summed E-state index contributed by atoms with van der Waals surface area (Å²) in [5.74, 6) is 0.316. The minimum absolute atomic E-state index is 0.0629. The predicted octanol–water partition coefficient (Wildman–Crippen LogP) is 1.99. The normalized spacial score (nSPS) is 30.4. The van der Waals surface area contributed by atoms with Gasteiger partial charge in [0.15, 0.2) is 0 Å². The van der Waals surface area contributed by atoms with Crippen molar-refractivity contribution < 1.29 is 13.5 Å². The van der Waals surface area contributed by atoms with Gasteiger partial charge in [-0.25, -0.2) is 12.7 Å². The standard InChI is InChI=1S/C14H27NO3S/c1-14(7-3-4-8-14)13(16)10-12-6-5-9-15(11-12)19(2,17)18/h12-13,16H,3-11H2,1-2H3. The Morgan fingerprint density at radius 1 is 1.32 bits per heavy atom. The molecule has 1 aliphatic carbocycles. The van der Waals surface area contributed by atoms with Crippen molar-refractivity contribution in [2.75, 3.05) is 19.3 Å². The number of hydrogen-bond acceptors (Lipinski definition) is 3. The van der Waals surface area contributed by atoms with E-state index in [0.717, 1.165) is 32.1 Å². The van der Waals surface area contributed by atoms with Crippen LogP contribution in [-0.4, -0.2) is 43.3 Å². The number of sulfonamides is 1. The van der Waals surface area contributed by atoms with Crippen molar-refractivity contribution in [3.8, 4) is 0 Å². The summed E-state index contributed by atoms with van der Waals surface area (Å²) in [6.45, 7) is 3.41. The fraction of sp³-hybridized carbons (Fsp3) is 1.00. The van der Waals surface area contributed by atoms with Gasteiger partial charge in [-0.3, -0.25) is 0 Å². The lowest BCUT2D eigenvalue weighted by molar-refractivity contribution is 0.0156. The van der Waals surface area contributed by atoms with Gasteiger partial charge >= 0.3 is 0 Å². The van der Waals surface area contributed by atoms with E-state index in [1.165, 1.54) is 19.1 Å². The Balaban J connectivity index is 1.92. The molecule has 2 atom stereocenters. The number of nitrogens with zero attached hydrogens (tertiary/aromatic N) is 1. The topological polar surface area (TPSA) is 57.6 Å². The molecule has 1 N–H and O–H groups in total. The van der Waals surface area contributed by atoms with E-state index >= 15 is 0 Å². The van der Waals surface area contributed by atoms with Crippen LogP contribution in [0.25, 0.3) is 0 Å². The van der Waals surface area contributed by atoms with E-state index in [0.29, 0.717) is 19.0 Å². The molecular formula is C14H27NO3S. The summed E-state index contributed by atoms with van der Waals surface area (Å²) < 4.78 is 24.8. The number of piperidine rings is 1. The van der Waals surface area contributed by atoms with Gasteiger partial charge in [0.2, 0.25) is 10.0 Å². The van der Waals surface area contributed by atoms with Crippen LogP contribution < -0.4 is 0 Å². The highest BCUT2D eigenvalue weighted by Gasteiger charge is 2.38. The van der Waals surface area contributed by atoms with Gasteiger partial charge in [0.1, 0.15) is 0 Å². The summed E-state index contributed by atoms with van der Waals surface area (Å²) in [5.41, 5.74) is 0.0629. The Hall–Kier alpha value is -0.130. The molecular weight excluding hydrogens is 262 g/mol. The summed E-state index contributed by atoms with van der Waals surface area (Å²) in [5, 5.41) is 10.5. The van der Waals surface area contributed by atoms with E-state index in [-0.39, 0.29) is 11.5 Å². The highest BCUT2D eigenvalue weighted by molar-refractivity contribution is 7.88. The second-order valence-electron chi connectivity index (χ2n) is 6.74. The summed E-state index contributed by atoms with van der Waals surface area (Å²) in [6.07, 6.45) is 8.36. The van der Waals surface area contributed by atoms with Crippen molar-refractivity contribution in [2.24, 2.45) is 11.3 Å². The highest BCUT2D eigenvalue weighted by Crippen LogP contribution is 2.43. The Labute approximate surface area is 117 Å². The zero-order chi connectivity index (χ0) is 14.1. The van der Waals surface area contributed by atoms with Gasteiger partial charge in [-0.05, 0) is 43.4 Å². The van der Waals surface area contributed by atoms with Crippen LogP contribution in [0.1, 0.15) is 51.9 Å². The first-order valence-electron chi connectivity index (χ1n) is 7.44. The second-order valence-corrected chi connectivity index (χ2v) is 8.72. The summed E-state index contributed by atoms with van der Waals surface area (Å²) >= 11 is 0. The second kappa shape index (κ2) is 5.70. The van der Waals surface area contributed by atoms with Crippen LogP contribution in [0.15, 0.2) is 0 Å². The lowest BCUT2D eigenvalue weighted by Gasteiger charge is -2.36. The third kappa shape index (κ3) is 3.70. The van der Waals surface area contributed by atoms with Gasteiger partial charge in [-0.2, -0.15) is 0 Å². The first-order valence-corrected chi connectivity index (χ1v) is 9.29. The Kier molecular flexibility index (Phi) is 4.58. The van der Waals surface area contributed by atoms with Crippen molar-refractivity contribution in [1.82, 2.24) is 4.31 Å². The van der Waals surface area contributed by atoms with Crippen LogP contribution >= 0.6 is 0 Å². The molecule has 2 rings (SSSR count). The van der Waals surface area contributed by atoms with Gasteiger partial charge in [0.25, 0.3) is 0 Å². The number of aliphatic hydroxyl groups is 1. The average Bonchev–Trinajstić information content (AvgIpc) is 2.77. The molecule has 19 heavy (non-hydrogen) atoms.